The zero-order chi connectivity index (χ0) is 18.8. The van der Waals surface area contributed by atoms with E-state index in [2.05, 4.69) is 15.4 Å². The van der Waals surface area contributed by atoms with Crippen LogP contribution in [0.3, 0.4) is 0 Å². The Hall–Kier alpha value is -3.22. The SMILES string of the molecule is Cc1cc2ncc(C(=O)NC(c3ccccc3)C(C)C(=O)O)c(C)n2n1. The maximum atomic E-state index is 12.8. The van der Waals surface area contributed by atoms with Crippen LogP contribution < -0.4 is 5.32 Å². The minimum Gasteiger partial charge on any atom is -0.481 e. The number of carboxylic acid groups (broad SMARTS) is 1. The van der Waals surface area contributed by atoms with Gasteiger partial charge in [0.25, 0.3) is 5.91 Å². The summed E-state index contributed by atoms with van der Waals surface area (Å²) >= 11 is 0. The summed E-state index contributed by atoms with van der Waals surface area (Å²) in [5, 5.41) is 16.6. The molecule has 7 heteroatoms. The van der Waals surface area contributed by atoms with Gasteiger partial charge in [0.1, 0.15) is 0 Å². The molecule has 2 aromatic heterocycles. The number of nitrogens with zero attached hydrogens (tertiary/aromatic N) is 3. The molecular formula is C19H20N4O3. The van der Waals surface area contributed by atoms with Gasteiger partial charge in [-0.2, -0.15) is 5.10 Å². The zero-order valence-corrected chi connectivity index (χ0v) is 14.8. The van der Waals surface area contributed by atoms with Gasteiger partial charge in [0, 0.05) is 12.3 Å². The summed E-state index contributed by atoms with van der Waals surface area (Å²) in [7, 11) is 0. The summed E-state index contributed by atoms with van der Waals surface area (Å²) in [5.41, 5.74) is 3.21. The lowest BCUT2D eigenvalue weighted by Gasteiger charge is -2.23. The van der Waals surface area contributed by atoms with Crippen LogP contribution >= 0.6 is 0 Å². The molecular weight excluding hydrogens is 332 g/mol. The maximum absolute atomic E-state index is 12.8. The van der Waals surface area contributed by atoms with E-state index in [-0.39, 0.29) is 5.91 Å². The fourth-order valence-corrected chi connectivity index (χ4v) is 2.90. The van der Waals surface area contributed by atoms with Crippen LogP contribution in [0, 0.1) is 19.8 Å². The van der Waals surface area contributed by atoms with Gasteiger partial charge in [-0.05, 0) is 26.3 Å². The van der Waals surface area contributed by atoms with Gasteiger partial charge in [0.2, 0.25) is 0 Å². The van der Waals surface area contributed by atoms with Crippen molar-refractivity contribution in [2.45, 2.75) is 26.8 Å². The van der Waals surface area contributed by atoms with Gasteiger partial charge in [-0.15, -0.1) is 0 Å². The van der Waals surface area contributed by atoms with Crippen molar-refractivity contribution in [3.05, 3.63) is 65.1 Å². The number of amides is 1. The molecule has 0 radical (unpaired) electrons. The van der Waals surface area contributed by atoms with Crippen LogP contribution in [0.1, 0.15) is 40.3 Å². The van der Waals surface area contributed by atoms with Gasteiger partial charge in [-0.1, -0.05) is 30.3 Å². The molecule has 3 rings (SSSR count). The average molecular weight is 352 g/mol. The Balaban J connectivity index is 1.95. The molecule has 0 saturated carbocycles. The van der Waals surface area contributed by atoms with Crippen molar-refractivity contribution in [2.24, 2.45) is 5.92 Å². The summed E-state index contributed by atoms with van der Waals surface area (Å²) in [6.07, 6.45) is 1.49. The molecule has 2 unspecified atom stereocenters. The number of carbonyl (C=O) groups excluding carboxylic acids is 1. The highest BCUT2D eigenvalue weighted by Gasteiger charge is 2.28. The molecule has 0 aliphatic rings. The van der Waals surface area contributed by atoms with Gasteiger partial charge >= 0.3 is 5.97 Å². The minimum atomic E-state index is -0.979. The summed E-state index contributed by atoms with van der Waals surface area (Å²) in [6, 6.07) is 10.2. The highest BCUT2D eigenvalue weighted by Crippen LogP contribution is 2.23. The van der Waals surface area contributed by atoms with Crippen LogP contribution in [0.25, 0.3) is 5.65 Å². The molecule has 134 valence electrons. The molecule has 0 fully saturated rings. The second-order valence-electron chi connectivity index (χ2n) is 6.30. The van der Waals surface area contributed by atoms with Gasteiger partial charge in [0.05, 0.1) is 28.9 Å². The number of hydrogen-bond acceptors (Lipinski definition) is 4. The fraction of sp³-hybridized carbons (Fsp3) is 0.263. The Morgan fingerprint density at radius 3 is 2.54 bits per heavy atom. The fourth-order valence-electron chi connectivity index (χ4n) is 2.90. The first-order valence-electron chi connectivity index (χ1n) is 8.29. The van der Waals surface area contributed by atoms with Crippen LogP contribution in [0.15, 0.2) is 42.6 Å². The molecule has 26 heavy (non-hydrogen) atoms. The monoisotopic (exact) mass is 352 g/mol. The average Bonchev–Trinajstić information content (AvgIpc) is 3.01. The number of fused-ring (bicyclic) bond motifs is 1. The van der Waals surface area contributed by atoms with Gasteiger partial charge < -0.3 is 10.4 Å². The molecule has 2 heterocycles. The van der Waals surface area contributed by atoms with E-state index in [1.807, 2.05) is 31.2 Å². The lowest BCUT2D eigenvalue weighted by atomic mass is 9.94. The van der Waals surface area contributed by atoms with E-state index in [1.54, 1.807) is 30.5 Å². The Bertz CT molecular complexity index is 966. The number of aryl methyl sites for hydroxylation is 2. The lowest BCUT2D eigenvalue weighted by molar-refractivity contribution is -0.142. The van der Waals surface area contributed by atoms with Crippen molar-refractivity contribution in [3.8, 4) is 0 Å². The predicted molar refractivity (Wildman–Crippen MR) is 95.9 cm³/mol. The highest BCUT2D eigenvalue weighted by molar-refractivity contribution is 5.95. The smallest absolute Gasteiger partial charge is 0.308 e. The molecule has 2 atom stereocenters. The third kappa shape index (κ3) is 3.28. The van der Waals surface area contributed by atoms with E-state index >= 15 is 0 Å². The number of aliphatic carboxylic acids is 1. The molecule has 1 aromatic carbocycles. The number of aromatic nitrogens is 3. The molecule has 7 nitrogen and oxygen atoms in total. The van der Waals surface area contributed by atoms with Crippen molar-refractivity contribution in [3.63, 3.8) is 0 Å². The Morgan fingerprint density at radius 2 is 1.88 bits per heavy atom. The molecule has 2 N–H and O–H groups in total. The van der Waals surface area contributed by atoms with E-state index in [0.29, 0.717) is 16.9 Å². The number of carbonyl (C=O) groups is 2. The number of hydrogen-bond donors (Lipinski definition) is 2. The largest absolute Gasteiger partial charge is 0.481 e. The topological polar surface area (TPSA) is 96.6 Å². The molecule has 0 saturated heterocycles. The minimum absolute atomic E-state index is 0.360. The van der Waals surface area contributed by atoms with Gasteiger partial charge in [0.15, 0.2) is 5.65 Å². The molecule has 3 aromatic rings. The standard InChI is InChI=1S/C19H20N4O3/c1-11-9-16-20-10-15(13(3)23(16)22-11)18(24)21-17(12(2)19(25)26)14-7-5-4-6-8-14/h4-10,12,17H,1-3H3,(H,21,24)(H,25,26). The second-order valence-corrected chi connectivity index (χ2v) is 6.30. The van der Waals surface area contributed by atoms with Crippen LogP contribution in [0.4, 0.5) is 0 Å². The quantitative estimate of drug-likeness (QED) is 0.735. The van der Waals surface area contributed by atoms with Crippen LogP contribution in [-0.2, 0) is 4.79 Å². The number of benzene rings is 1. The van der Waals surface area contributed by atoms with E-state index in [9.17, 15) is 14.7 Å². The number of nitrogens with one attached hydrogen (secondary N) is 1. The first kappa shape index (κ1) is 17.6. The van der Waals surface area contributed by atoms with E-state index in [1.165, 1.54) is 6.20 Å². The predicted octanol–water partition coefficient (Wildman–Crippen LogP) is 2.54. The van der Waals surface area contributed by atoms with Crippen molar-refractivity contribution in [1.82, 2.24) is 19.9 Å². The van der Waals surface area contributed by atoms with Crippen molar-refractivity contribution >= 4 is 17.5 Å². The third-order valence-corrected chi connectivity index (χ3v) is 4.43. The molecule has 1 amide bonds. The van der Waals surface area contributed by atoms with Crippen molar-refractivity contribution in [2.75, 3.05) is 0 Å². The molecule has 0 bridgehead atoms. The molecule has 0 spiro atoms. The Labute approximate surface area is 150 Å². The Kier molecular flexibility index (Phi) is 4.71. The lowest BCUT2D eigenvalue weighted by Crippen LogP contribution is -2.36. The van der Waals surface area contributed by atoms with Crippen LogP contribution in [0.5, 0.6) is 0 Å². The van der Waals surface area contributed by atoms with E-state index in [0.717, 1.165) is 11.3 Å². The van der Waals surface area contributed by atoms with E-state index < -0.39 is 17.9 Å². The summed E-state index contributed by atoms with van der Waals surface area (Å²) in [4.78, 5) is 28.6. The molecule has 0 aliphatic carbocycles. The third-order valence-electron chi connectivity index (χ3n) is 4.43. The Morgan fingerprint density at radius 1 is 1.19 bits per heavy atom. The van der Waals surface area contributed by atoms with Gasteiger partial charge in [-0.25, -0.2) is 9.50 Å². The number of carboxylic acids is 1. The maximum Gasteiger partial charge on any atom is 0.308 e. The zero-order valence-electron chi connectivity index (χ0n) is 14.8. The molecule has 0 aliphatic heterocycles. The van der Waals surface area contributed by atoms with Gasteiger partial charge in [-0.3, -0.25) is 9.59 Å². The highest BCUT2D eigenvalue weighted by atomic mass is 16.4. The second kappa shape index (κ2) is 6.95. The van der Waals surface area contributed by atoms with E-state index in [4.69, 9.17) is 0 Å². The normalized spacial score (nSPS) is 13.3. The van der Waals surface area contributed by atoms with Crippen LogP contribution in [-0.4, -0.2) is 31.6 Å². The summed E-state index contributed by atoms with van der Waals surface area (Å²) in [6.45, 7) is 5.22. The number of rotatable bonds is 5. The van der Waals surface area contributed by atoms with Crippen LogP contribution in [0.2, 0.25) is 0 Å². The summed E-state index contributed by atoms with van der Waals surface area (Å²) < 4.78 is 1.61. The van der Waals surface area contributed by atoms with Crippen molar-refractivity contribution < 1.29 is 14.7 Å². The first-order chi connectivity index (χ1) is 12.4. The van der Waals surface area contributed by atoms with Crippen molar-refractivity contribution in [1.29, 1.82) is 0 Å². The first-order valence-corrected chi connectivity index (χ1v) is 8.29. The summed E-state index contributed by atoms with van der Waals surface area (Å²) in [5.74, 6) is -2.15.